The van der Waals surface area contributed by atoms with Crippen molar-refractivity contribution in [2.24, 2.45) is 22.7 Å². The van der Waals surface area contributed by atoms with Crippen LogP contribution in [-0.2, 0) is 29.2 Å². The lowest BCUT2D eigenvalue weighted by Crippen LogP contribution is -2.50. The monoisotopic (exact) mass is 879 g/mol. The molecule has 13 nitrogen and oxygen atoms in total. The molecule has 2 aliphatic carbocycles. The number of allylic oxidation sites excluding steroid dienone is 1. The molecule has 7 rings (SSSR count). The predicted molar refractivity (Wildman–Crippen MR) is 231 cm³/mol. The number of fused-ring (bicyclic) bond motifs is 1. The van der Waals surface area contributed by atoms with Crippen molar-refractivity contribution in [3.63, 3.8) is 0 Å². The van der Waals surface area contributed by atoms with Gasteiger partial charge in [0, 0.05) is 48.2 Å². The number of piperidine rings is 1. The Morgan fingerprint density at radius 2 is 1.85 bits per heavy atom. The van der Waals surface area contributed by atoms with E-state index in [4.69, 9.17) is 19.4 Å². The van der Waals surface area contributed by atoms with E-state index in [0.29, 0.717) is 65.3 Å². The first-order valence-corrected chi connectivity index (χ1v) is 23.7. The summed E-state index contributed by atoms with van der Waals surface area (Å²) in [5.41, 5.74) is 0.891. The second-order valence-corrected chi connectivity index (χ2v) is 21.6. The second kappa shape index (κ2) is 17.0. The molecule has 2 aromatic heterocycles. The van der Waals surface area contributed by atoms with Crippen LogP contribution in [0.15, 0.2) is 36.2 Å². The van der Waals surface area contributed by atoms with E-state index in [2.05, 4.69) is 25.1 Å². The van der Waals surface area contributed by atoms with Crippen LogP contribution in [0.25, 0.3) is 21.6 Å². The van der Waals surface area contributed by atoms with Crippen molar-refractivity contribution in [3.05, 3.63) is 47.5 Å². The number of halogens is 1. The number of pyridine rings is 1. The lowest BCUT2D eigenvalue weighted by molar-refractivity contribution is -0.148. The lowest BCUT2D eigenvalue weighted by atomic mass is 9.77. The molecule has 4 aliphatic rings. The first-order valence-electron chi connectivity index (χ1n) is 21.3. The molecule has 6 atom stereocenters. The number of hydrogen-bond acceptors (Lipinski definition) is 11. The Kier molecular flexibility index (Phi) is 12.5. The fraction of sp³-hybridized carbons (Fsp3) is 0.600. The van der Waals surface area contributed by atoms with Crippen LogP contribution in [-0.4, -0.2) is 102 Å². The average Bonchev–Trinajstić information content (AvgIpc) is 4.09. The molecule has 0 radical (unpaired) electrons. The number of ketones is 1. The molecular weight excluding hydrogens is 822 g/mol. The predicted octanol–water partition coefficient (Wildman–Crippen LogP) is 6.92. The molecule has 330 valence electrons. The van der Waals surface area contributed by atoms with Crippen molar-refractivity contribution in [3.8, 4) is 22.2 Å². The first-order chi connectivity index (χ1) is 28.8. The number of rotatable bonds is 15. The number of Topliss-reactive ketones (excluding diaryl/α,β-unsaturated/α-hetero) is 1. The summed E-state index contributed by atoms with van der Waals surface area (Å²) in [5.74, 6) is -1.89. The van der Waals surface area contributed by atoms with Crippen molar-refractivity contribution < 1.29 is 41.5 Å². The highest BCUT2D eigenvalue weighted by Gasteiger charge is 2.61. The lowest BCUT2D eigenvalue weighted by Gasteiger charge is -2.37. The number of likely N-dealkylation sites (tertiary alicyclic amines) is 2. The van der Waals surface area contributed by atoms with Gasteiger partial charge in [-0.25, -0.2) is 22.8 Å². The number of nitrogens with zero attached hydrogens (tertiary/aromatic N) is 4. The number of aryl methyl sites for hydroxylation is 1. The van der Waals surface area contributed by atoms with Gasteiger partial charge in [-0.3, -0.25) is 23.9 Å². The molecule has 1 aromatic carbocycles. The highest BCUT2D eigenvalue weighted by molar-refractivity contribution is 7.90. The second-order valence-electron chi connectivity index (χ2n) is 18.7. The van der Waals surface area contributed by atoms with Crippen molar-refractivity contribution >= 4 is 55.8 Å². The zero-order chi connectivity index (χ0) is 44.2. The molecule has 2 saturated heterocycles. The van der Waals surface area contributed by atoms with E-state index in [1.807, 2.05) is 51.3 Å². The van der Waals surface area contributed by atoms with E-state index >= 15 is 0 Å². The maximum absolute atomic E-state index is 15.0. The summed E-state index contributed by atoms with van der Waals surface area (Å²) in [6, 6.07) is 4.46. The molecule has 3 aromatic rings. The summed E-state index contributed by atoms with van der Waals surface area (Å²) < 4.78 is 54.9. The Morgan fingerprint density at radius 1 is 1.11 bits per heavy atom. The molecule has 0 spiro atoms. The number of nitrogens with one attached hydrogen (secondary N) is 1. The smallest absolute Gasteiger partial charge is 0.240 e. The Labute approximate surface area is 361 Å². The summed E-state index contributed by atoms with van der Waals surface area (Å²) in [6.45, 7) is 15.9. The van der Waals surface area contributed by atoms with E-state index in [0.717, 1.165) is 11.3 Å². The molecule has 4 fully saturated rings. The Hall–Kier alpha value is -4.44. The summed E-state index contributed by atoms with van der Waals surface area (Å²) in [6.07, 6.45) is 1.40. The van der Waals surface area contributed by atoms with Crippen molar-refractivity contribution in [1.82, 2.24) is 24.5 Å². The van der Waals surface area contributed by atoms with Gasteiger partial charge in [0.15, 0.2) is 5.78 Å². The highest BCUT2D eigenvalue weighted by atomic mass is 32.2. The van der Waals surface area contributed by atoms with Crippen LogP contribution in [0.2, 0.25) is 0 Å². The van der Waals surface area contributed by atoms with Gasteiger partial charge in [-0.15, -0.1) is 17.9 Å². The van der Waals surface area contributed by atoms with Gasteiger partial charge < -0.3 is 19.3 Å². The SMILES string of the molecule is C=C[C@@H]1C[C@]1(CC(=O)[C@@H]1C[C@@H](Oc2cc(-c3nc(C(C)C)cs3)nc3c(C)c(OC)ccc23)CN1C(=O)[C@@H](CC(=O)N1CCCC(F)C1)C(C)(C)C)C(=O)NS(=O)(=O)C1CC1. The number of carbonyl (C=O) groups is 4. The van der Waals surface area contributed by atoms with Crippen LogP contribution in [0.3, 0.4) is 0 Å². The van der Waals surface area contributed by atoms with Crippen LogP contribution < -0.4 is 14.2 Å². The van der Waals surface area contributed by atoms with Gasteiger partial charge in [0.2, 0.25) is 27.7 Å². The topological polar surface area (TPSA) is 165 Å². The minimum absolute atomic E-state index is 0.00451. The minimum Gasteiger partial charge on any atom is -0.496 e. The average molecular weight is 880 g/mol. The number of methoxy groups -OCH3 is 1. The molecule has 0 bridgehead atoms. The van der Waals surface area contributed by atoms with Gasteiger partial charge >= 0.3 is 0 Å². The standard InChI is InChI=1S/C45H58FN5O8S2/c1-9-27-20-45(27,43(55)49-61(56,57)30-12-13-30)21-36(52)35-17-29(23-51(35)42(54)32(44(5,6)7)18-39(53)50-16-10-11-28(46)22-50)59-38-19-33(41-48-34(24-60-41)25(2)3)47-40-26(4)37(58-8)15-14-31(38)40/h9,14-15,19,24-25,27-30,32,35H,1,10-13,16-18,20-23H2,2-8H3,(H,49,55)/t27-,28?,29-,32-,35+,45-/m1/s1. The molecule has 4 heterocycles. The number of amides is 3. The Morgan fingerprint density at radius 3 is 2.46 bits per heavy atom. The van der Waals surface area contributed by atoms with E-state index in [1.165, 1.54) is 21.1 Å². The molecule has 1 N–H and O–H groups in total. The number of aromatic nitrogens is 2. The number of sulfonamides is 1. The fourth-order valence-corrected chi connectivity index (χ4v) is 11.1. The van der Waals surface area contributed by atoms with Crippen LogP contribution >= 0.6 is 11.3 Å². The third-order valence-corrected chi connectivity index (χ3v) is 15.6. The summed E-state index contributed by atoms with van der Waals surface area (Å²) >= 11 is 1.47. The molecule has 2 aliphatic heterocycles. The fourth-order valence-electron chi connectivity index (χ4n) is 8.82. The molecule has 3 amide bonds. The van der Waals surface area contributed by atoms with Crippen LogP contribution in [0.5, 0.6) is 11.5 Å². The maximum atomic E-state index is 15.0. The summed E-state index contributed by atoms with van der Waals surface area (Å²) in [4.78, 5) is 70.0. The molecular formula is C45H58FN5O8S2. The number of carbonyl (C=O) groups excluding carboxylic acids is 4. The zero-order valence-corrected chi connectivity index (χ0v) is 37.8. The molecule has 16 heteroatoms. The maximum Gasteiger partial charge on any atom is 0.240 e. The largest absolute Gasteiger partial charge is 0.496 e. The third-order valence-electron chi connectivity index (χ3n) is 12.9. The van der Waals surface area contributed by atoms with Crippen LogP contribution in [0.1, 0.15) is 103 Å². The minimum atomic E-state index is -3.89. The van der Waals surface area contributed by atoms with Gasteiger partial charge in [-0.1, -0.05) is 40.7 Å². The van der Waals surface area contributed by atoms with Crippen molar-refractivity contribution in [2.45, 2.75) is 122 Å². The summed E-state index contributed by atoms with van der Waals surface area (Å²) in [7, 11) is -2.30. The number of benzene rings is 1. The quantitative estimate of drug-likeness (QED) is 0.159. The van der Waals surface area contributed by atoms with E-state index in [1.54, 1.807) is 13.2 Å². The van der Waals surface area contributed by atoms with E-state index in [-0.39, 0.29) is 50.6 Å². The van der Waals surface area contributed by atoms with Crippen molar-refractivity contribution in [2.75, 3.05) is 26.7 Å². The normalized spacial score (nSPS) is 24.7. The van der Waals surface area contributed by atoms with Gasteiger partial charge in [-0.05, 0) is 68.4 Å². The van der Waals surface area contributed by atoms with Gasteiger partial charge in [0.1, 0.15) is 34.5 Å². The van der Waals surface area contributed by atoms with E-state index < -0.39 is 73.9 Å². The van der Waals surface area contributed by atoms with E-state index in [9.17, 15) is 32.0 Å². The first kappa shape index (κ1) is 44.6. The number of hydrogen-bond donors (Lipinski definition) is 1. The van der Waals surface area contributed by atoms with Crippen LogP contribution in [0, 0.1) is 29.6 Å². The molecule has 2 saturated carbocycles. The zero-order valence-electron chi connectivity index (χ0n) is 36.2. The van der Waals surface area contributed by atoms with Crippen molar-refractivity contribution in [1.29, 1.82) is 0 Å². The molecule has 1 unspecified atom stereocenters. The highest BCUT2D eigenvalue weighted by Crippen LogP contribution is 2.57. The Balaban J connectivity index is 1.23. The van der Waals surface area contributed by atoms with Gasteiger partial charge in [0.25, 0.3) is 0 Å². The number of thiazole rings is 1. The summed E-state index contributed by atoms with van der Waals surface area (Å²) in [5, 5.41) is 2.77. The van der Waals surface area contributed by atoms with Gasteiger partial charge in [-0.2, -0.15) is 0 Å². The Bertz CT molecular complexity index is 2340. The molecule has 61 heavy (non-hydrogen) atoms. The van der Waals surface area contributed by atoms with Crippen LogP contribution in [0.4, 0.5) is 4.39 Å². The van der Waals surface area contributed by atoms with Gasteiger partial charge in [0.05, 0.1) is 54.0 Å². The number of ether oxygens (including phenoxy) is 2. The third kappa shape index (κ3) is 9.21. The number of alkyl halides is 1.